The third-order valence-corrected chi connectivity index (χ3v) is 5.20. The van der Waals surface area contributed by atoms with Gasteiger partial charge in [0.25, 0.3) is 5.56 Å². The molecule has 0 atom stereocenters. The van der Waals surface area contributed by atoms with E-state index in [2.05, 4.69) is 15.2 Å². The van der Waals surface area contributed by atoms with Crippen LogP contribution in [-0.4, -0.2) is 45.8 Å². The number of aromatic nitrogens is 4. The number of hydrogen-bond donors (Lipinski definition) is 2. The Labute approximate surface area is 175 Å². The highest BCUT2D eigenvalue weighted by molar-refractivity contribution is 5.66. The predicted octanol–water partition coefficient (Wildman–Crippen LogP) is 2.75. The van der Waals surface area contributed by atoms with Crippen molar-refractivity contribution in [1.29, 1.82) is 0 Å². The third kappa shape index (κ3) is 4.13. The van der Waals surface area contributed by atoms with E-state index in [-0.39, 0.29) is 24.2 Å². The van der Waals surface area contributed by atoms with Gasteiger partial charge in [-0.05, 0) is 18.2 Å². The summed E-state index contributed by atoms with van der Waals surface area (Å²) >= 11 is 0. The number of rotatable bonds is 5. The van der Waals surface area contributed by atoms with Crippen LogP contribution in [0.3, 0.4) is 0 Å². The summed E-state index contributed by atoms with van der Waals surface area (Å²) < 4.78 is 49.3. The molecule has 3 heterocycles. The maximum Gasteiger partial charge on any atom is 0.449 e. The number of ether oxygens (including phenoxy) is 2. The molecule has 11 heteroatoms. The average Bonchev–Trinajstić information content (AvgIpc) is 3.21. The van der Waals surface area contributed by atoms with E-state index in [1.807, 2.05) is 22.0 Å². The van der Waals surface area contributed by atoms with Crippen LogP contribution in [0.25, 0.3) is 11.3 Å². The number of benzene rings is 1. The fourth-order valence-electron chi connectivity index (χ4n) is 3.66. The molecule has 2 N–H and O–H groups in total. The Balaban J connectivity index is 1.57. The summed E-state index contributed by atoms with van der Waals surface area (Å²) in [6, 6.07) is 5.49. The Kier molecular flexibility index (Phi) is 5.44. The number of fused-ring (bicyclic) bond motifs is 1. The second kappa shape index (κ2) is 8.06. The first-order chi connectivity index (χ1) is 14.8. The van der Waals surface area contributed by atoms with E-state index in [0.717, 1.165) is 16.8 Å². The minimum Gasteiger partial charge on any atom is -0.493 e. The summed E-state index contributed by atoms with van der Waals surface area (Å²) in [4.78, 5) is 19.7. The zero-order valence-electron chi connectivity index (χ0n) is 16.8. The number of alkyl halides is 3. The fourth-order valence-corrected chi connectivity index (χ4v) is 3.66. The van der Waals surface area contributed by atoms with Crippen molar-refractivity contribution < 1.29 is 22.6 Å². The molecule has 0 spiro atoms. The van der Waals surface area contributed by atoms with E-state index in [9.17, 15) is 18.0 Å². The normalized spacial score (nSPS) is 14.4. The van der Waals surface area contributed by atoms with Gasteiger partial charge in [-0.2, -0.15) is 18.3 Å². The number of H-pyrrole nitrogens is 2. The predicted molar refractivity (Wildman–Crippen MR) is 105 cm³/mol. The molecule has 1 aliphatic heterocycles. The minimum atomic E-state index is -4.68. The highest BCUT2D eigenvalue weighted by atomic mass is 19.4. The van der Waals surface area contributed by atoms with E-state index in [0.29, 0.717) is 24.6 Å². The third-order valence-electron chi connectivity index (χ3n) is 5.20. The number of methoxy groups -OCH3 is 2. The molecule has 0 radical (unpaired) electrons. The molecule has 0 bridgehead atoms. The fraction of sp³-hybridized carbons (Fsp3) is 0.350. The molecule has 164 valence electrons. The molecule has 8 nitrogen and oxygen atoms in total. The van der Waals surface area contributed by atoms with Crippen LogP contribution >= 0.6 is 0 Å². The van der Waals surface area contributed by atoms with Crippen molar-refractivity contribution in [3.8, 4) is 22.8 Å². The minimum absolute atomic E-state index is 0.194. The highest BCUT2D eigenvalue weighted by Gasteiger charge is 2.36. The van der Waals surface area contributed by atoms with Crippen LogP contribution in [0.4, 0.5) is 13.2 Å². The van der Waals surface area contributed by atoms with Crippen molar-refractivity contribution in [2.45, 2.75) is 25.7 Å². The molecule has 2 aromatic heterocycles. The Morgan fingerprint density at radius 2 is 1.97 bits per heavy atom. The van der Waals surface area contributed by atoms with E-state index in [4.69, 9.17) is 9.47 Å². The van der Waals surface area contributed by atoms with Crippen LogP contribution in [0.1, 0.15) is 22.6 Å². The van der Waals surface area contributed by atoms with Crippen molar-refractivity contribution in [3.63, 3.8) is 0 Å². The SMILES string of the molecule is COc1ccc(-c2[nH]ncc2CN2CCc3nc(C(F)(F)F)[nH]c(=O)c3C2)cc1OC. The molecule has 0 amide bonds. The van der Waals surface area contributed by atoms with E-state index < -0.39 is 17.6 Å². The van der Waals surface area contributed by atoms with Crippen LogP contribution in [0.5, 0.6) is 11.5 Å². The van der Waals surface area contributed by atoms with E-state index in [1.165, 1.54) is 0 Å². The van der Waals surface area contributed by atoms with Gasteiger partial charge in [-0.25, -0.2) is 4.98 Å². The molecule has 0 aliphatic carbocycles. The summed E-state index contributed by atoms with van der Waals surface area (Å²) in [6.45, 7) is 1.13. The van der Waals surface area contributed by atoms with Gasteiger partial charge in [-0.3, -0.25) is 14.8 Å². The summed E-state index contributed by atoms with van der Waals surface area (Å²) in [7, 11) is 3.11. The number of halogens is 3. The number of aromatic amines is 2. The molecule has 3 aromatic rings. The Morgan fingerprint density at radius 3 is 2.68 bits per heavy atom. The molecule has 1 aromatic carbocycles. The molecule has 0 saturated heterocycles. The topological polar surface area (TPSA) is 96.1 Å². The van der Waals surface area contributed by atoms with Gasteiger partial charge >= 0.3 is 6.18 Å². The molecular formula is C20H20F3N5O3. The molecule has 1 aliphatic rings. The highest BCUT2D eigenvalue weighted by Crippen LogP contribution is 2.33. The van der Waals surface area contributed by atoms with Crippen LogP contribution in [0.2, 0.25) is 0 Å². The van der Waals surface area contributed by atoms with Gasteiger partial charge in [0.15, 0.2) is 11.5 Å². The first-order valence-electron chi connectivity index (χ1n) is 9.46. The first-order valence-corrected chi connectivity index (χ1v) is 9.46. The van der Waals surface area contributed by atoms with E-state index >= 15 is 0 Å². The van der Waals surface area contributed by atoms with Crippen LogP contribution in [0.15, 0.2) is 29.2 Å². The van der Waals surface area contributed by atoms with E-state index in [1.54, 1.807) is 26.5 Å². The van der Waals surface area contributed by atoms with Gasteiger partial charge < -0.3 is 14.5 Å². The quantitative estimate of drug-likeness (QED) is 0.640. The second-order valence-electron chi connectivity index (χ2n) is 7.14. The number of nitrogens with zero attached hydrogens (tertiary/aromatic N) is 3. The lowest BCUT2D eigenvalue weighted by molar-refractivity contribution is -0.145. The van der Waals surface area contributed by atoms with Crippen LogP contribution < -0.4 is 15.0 Å². The van der Waals surface area contributed by atoms with Crippen molar-refractivity contribution >= 4 is 0 Å². The van der Waals surface area contributed by atoms with Crippen molar-refractivity contribution in [3.05, 3.63) is 57.4 Å². The lowest BCUT2D eigenvalue weighted by atomic mass is 10.0. The summed E-state index contributed by atoms with van der Waals surface area (Å²) in [5.41, 5.74) is 2.21. The van der Waals surface area contributed by atoms with Crippen molar-refractivity contribution in [2.75, 3.05) is 20.8 Å². The Bertz CT molecular complexity index is 1160. The maximum absolute atomic E-state index is 12.9. The van der Waals surface area contributed by atoms with Gasteiger partial charge in [-0.15, -0.1) is 0 Å². The van der Waals surface area contributed by atoms with Gasteiger partial charge in [0.05, 0.1) is 37.4 Å². The lowest BCUT2D eigenvalue weighted by Crippen LogP contribution is -2.36. The van der Waals surface area contributed by atoms with Crippen molar-refractivity contribution in [2.24, 2.45) is 0 Å². The summed E-state index contributed by atoms with van der Waals surface area (Å²) in [5, 5.41) is 7.11. The summed E-state index contributed by atoms with van der Waals surface area (Å²) in [5.74, 6) is -0.0781. The smallest absolute Gasteiger partial charge is 0.449 e. The first kappa shape index (κ1) is 20.9. The Morgan fingerprint density at radius 1 is 1.19 bits per heavy atom. The number of hydrogen-bond acceptors (Lipinski definition) is 6. The molecule has 0 saturated carbocycles. The standard InChI is InChI=1S/C20H20F3N5O3/c1-30-15-4-3-11(7-16(15)31-2)17-12(8-24-27-17)9-28-6-5-14-13(10-28)18(29)26-19(25-14)20(21,22)23/h3-4,7-8H,5-6,9-10H2,1-2H3,(H,24,27)(H,25,26,29). The van der Waals surface area contributed by atoms with Crippen LogP contribution in [-0.2, 0) is 25.7 Å². The lowest BCUT2D eigenvalue weighted by Gasteiger charge is -2.27. The average molecular weight is 435 g/mol. The van der Waals surface area contributed by atoms with Crippen LogP contribution in [0, 0.1) is 0 Å². The van der Waals surface area contributed by atoms with Gasteiger partial charge in [0, 0.05) is 37.2 Å². The maximum atomic E-state index is 12.9. The molecular weight excluding hydrogens is 415 g/mol. The largest absolute Gasteiger partial charge is 0.493 e. The van der Waals surface area contributed by atoms with Gasteiger partial charge in [-0.1, -0.05) is 0 Å². The van der Waals surface area contributed by atoms with Crippen molar-refractivity contribution in [1.82, 2.24) is 25.1 Å². The summed E-state index contributed by atoms with van der Waals surface area (Å²) in [6.07, 6.45) is -2.74. The molecule has 0 unspecified atom stereocenters. The second-order valence-corrected chi connectivity index (χ2v) is 7.14. The zero-order chi connectivity index (χ0) is 22.2. The molecule has 4 rings (SSSR count). The zero-order valence-corrected chi connectivity index (χ0v) is 16.8. The monoisotopic (exact) mass is 435 g/mol. The number of nitrogens with one attached hydrogen (secondary N) is 2. The Hall–Kier alpha value is -3.34. The van der Waals surface area contributed by atoms with Gasteiger partial charge in [0.2, 0.25) is 5.82 Å². The van der Waals surface area contributed by atoms with Gasteiger partial charge in [0.1, 0.15) is 0 Å². The molecule has 31 heavy (non-hydrogen) atoms. The molecule has 0 fully saturated rings.